The van der Waals surface area contributed by atoms with Crippen LogP contribution in [0.15, 0.2) is 12.2 Å². The highest BCUT2D eigenvalue weighted by Crippen LogP contribution is 2.24. The molecule has 0 radical (unpaired) electrons. The Hall–Kier alpha value is -1.32. The van der Waals surface area contributed by atoms with E-state index in [2.05, 4.69) is 6.58 Å². The third-order valence-electron chi connectivity index (χ3n) is 1.70. The van der Waals surface area contributed by atoms with Crippen molar-refractivity contribution in [2.75, 3.05) is 6.61 Å². The lowest BCUT2D eigenvalue weighted by Gasteiger charge is -2.19. The van der Waals surface area contributed by atoms with Crippen molar-refractivity contribution in [3.05, 3.63) is 12.2 Å². The average molecular weight is 200 g/mol. The molecule has 0 saturated carbocycles. The number of hydrogen-bond acceptors (Lipinski definition) is 3. The summed E-state index contributed by atoms with van der Waals surface area (Å²) in [5.41, 5.74) is 0.00298. The summed E-state index contributed by atoms with van der Waals surface area (Å²) in [4.78, 5) is 21.4. The number of aliphatic carboxylic acids is 1. The van der Waals surface area contributed by atoms with Crippen LogP contribution in [0, 0.1) is 5.41 Å². The largest absolute Gasteiger partial charge is 0.481 e. The average Bonchev–Trinajstić information content (AvgIpc) is 2.00. The van der Waals surface area contributed by atoms with E-state index in [0.717, 1.165) is 0 Å². The number of carboxylic acid groups (broad SMARTS) is 1. The van der Waals surface area contributed by atoms with E-state index in [4.69, 9.17) is 9.84 Å². The smallest absolute Gasteiger partial charge is 0.333 e. The lowest BCUT2D eigenvalue weighted by molar-refractivity contribution is -0.144. The molecule has 0 saturated heterocycles. The van der Waals surface area contributed by atoms with Gasteiger partial charge in [0.2, 0.25) is 0 Å². The summed E-state index contributed by atoms with van der Waals surface area (Å²) >= 11 is 0. The number of carbonyl (C=O) groups excluding carboxylic acids is 1. The highest BCUT2D eigenvalue weighted by atomic mass is 16.5. The fourth-order valence-corrected chi connectivity index (χ4v) is 0.624. The Morgan fingerprint density at radius 3 is 2.21 bits per heavy atom. The fraction of sp³-hybridized carbons (Fsp3) is 0.600. The van der Waals surface area contributed by atoms with E-state index in [1.165, 1.54) is 0 Å². The quantitative estimate of drug-likeness (QED) is 0.553. The monoisotopic (exact) mass is 200 g/mol. The summed E-state index contributed by atoms with van der Waals surface area (Å²) in [6, 6.07) is 0. The lowest BCUT2D eigenvalue weighted by Crippen LogP contribution is -2.20. The van der Waals surface area contributed by atoms with Crippen molar-refractivity contribution < 1.29 is 19.4 Å². The first-order chi connectivity index (χ1) is 6.25. The summed E-state index contributed by atoms with van der Waals surface area (Å²) in [5, 5.41) is 8.31. The summed E-state index contributed by atoms with van der Waals surface area (Å²) in [6.45, 7) is 9.02. The highest BCUT2D eigenvalue weighted by Gasteiger charge is 2.22. The molecule has 4 heteroatoms. The molecule has 0 fully saturated rings. The topological polar surface area (TPSA) is 63.6 Å². The van der Waals surface area contributed by atoms with E-state index in [-0.39, 0.29) is 18.4 Å². The third kappa shape index (κ3) is 4.64. The van der Waals surface area contributed by atoms with Crippen LogP contribution in [0.25, 0.3) is 0 Å². The van der Waals surface area contributed by atoms with Gasteiger partial charge in [-0.15, -0.1) is 0 Å². The molecule has 0 aromatic carbocycles. The van der Waals surface area contributed by atoms with Gasteiger partial charge in [-0.2, -0.15) is 0 Å². The van der Waals surface area contributed by atoms with Crippen molar-refractivity contribution in [1.29, 1.82) is 0 Å². The van der Waals surface area contributed by atoms with Crippen molar-refractivity contribution in [2.45, 2.75) is 27.2 Å². The third-order valence-corrected chi connectivity index (χ3v) is 1.70. The minimum atomic E-state index is -0.987. The molecule has 0 aromatic rings. The molecule has 0 amide bonds. The second-order valence-corrected chi connectivity index (χ2v) is 4.01. The number of carboxylic acids is 1. The van der Waals surface area contributed by atoms with Gasteiger partial charge in [0, 0.05) is 5.57 Å². The van der Waals surface area contributed by atoms with Crippen LogP contribution >= 0.6 is 0 Å². The second-order valence-electron chi connectivity index (χ2n) is 4.01. The molecule has 0 aromatic heterocycles. The molecule has 0 bridgehead atoms. The molecule has 80 valence electrons. The van der Waals surface area contributed by atoms with E-state index >= 15 is 0 Å². The molecular formula is C10H16O4. The van der Waals surface area contributed by atoms with E-state index < -0.39 is 11.9 Å². The number of esters is 1. The van der Waals surface area contributed by atoms with Crippen LogP contribution in [0.3, 0.4) is 0 Å². The molecule has 0 rings (SSSR count). The van der Waals surface area contributed by atoms with Gasteiger partial charge in [0.1, 0.15) is 6.61 Å². The van der Waals surface area contributed by atoms with Crippen molar-refractivity contribution in [3.63, 3.8) is 0 Å². The Kier molecular flexibility index (Phi) is 4.34. The van der Waals surface area contributed by atoms with Crippen molar-refractivity contribution in [3.8, 4) is 0 Å². The molecule has 14 heavy (non-hydrogen) atoms. The van der Waals surface area contributed by atoms with Gasteiger partial charge in [0.05, 0.1) is 6.42 Å². The molecule has 0 aliphatic heterocycles. The van der Waals surface area contributed by atoms with E-state index in [9.17, 15) is 9.59 Å². The first-order valence-electron chi connectivity index (χ1n) is 4.33. The van der Waals surface area contributed by atoms with Crippen LogP contribution in [0.1, 0.15) is 27.2 Å². The molecule has 0 heterocycles. The Bertz CT molecular complexity index is 247. The molecule has 0 spiro atoms. The van der Waals surface area contributed by atoms with Crippen molar-refractivity contribution >= 4 is 11.9 Å². The van der Waals surface area contributed by atoms with Crippen LogP contribution in [0.4, 0.5) is 0 Å². The van der Waals surface area contributed by atoms with Gasteiger partial charge in [0.15, 0.2) is 0 Å². The highest BCUT2D eigenvalue weighted by molar-refractivity contribution is 5.89. The van der Waals surface area contributed by atoms with Crippen LogP contribution in [-0.2, 0) is 14.3 Å². The molecule has 0 aliphatic rings. The van der Waals surface area contributed by atoms with Gasteiger partial charge in [-0.1, -0.05) is 27.4 Å². The zero-order chi connectivity index (χ0) is 11.4. The van der Waals surface area contributed by atoms with Crippen LogP contribution in [0.2, 0.25) is 0 Å². The first kappa shape index (κ1) is 12.7. The maximum atomic E-state index is 11.3. The molecule has 4 nitrogen and oxygen atoms in total. The van der Waals surface area contributed by atoms with E-state index in [0.29, 0.717) is 5.57 Å². The Morgan fingerprint density at radius 2 is 1.86 bits per heavy atom. The minimum absolute atomic E-state index is 0.108. The van der Waals surface area contributed by atoms with Crippen LogP contribution in [-0.4, -0.2) is 23.7 Å². The normalized spacial score (nSPS) is 10.8. The molecule has 0 aliphatic carbocycles. The fourth-order valence-electron chi connectivity index (χ4n) is 0.624. The second kappa shape index (κ2) is 4.79. The van der Waals surface area contributed by atoms with E-state index in [1.807, 2.05) is 20.8 Å². The van der Waals surface area contributed by atoms with Crippen molar-refractivity contribution in [1.82, 2.24) is 0 Å². The minimum Gasteiger partial charge on any atom is -0.481 e. The summed E-state index contributed by atoms with van der Waals surface area (Å²) < 4.78 is 4.72. The number of carbonyl (C=O) groups is 2. The molecular weight excluding hydrogens is 184 g/mol. The molecule has 0 unspecified atom stereocenters. The Balaban J connectivity index is 3.98. The summed E-state index contributed by atoms with van der Waals surface area (Å²) in [5.74, 6) is -1.52. The number of ether oxygens (including phenoxy) is 1. The Labute approximate surface area is 83.6 Å². The van der Waals surface area contributed by atoms with Gasteiger partial charge in [0.25, 0.3) is 0 Å². The lowest BCUT2D eigenvalue weighted by atomic mass is 9.88. The molecule has 1 N–H and O–H groups in total. The maximum absolute atomic E-state index is 11.3. The standard InChI is InChI=1S/C10H16O4/c1-7(10(2,3)4)9(13)14-6-5-8(11)12/h1,5-6H2,2-4H3,(H,11,12). The SMILES string of the molecule is C=C(C(=O)OCCC(=O)O)C(C)(C)C. The predicted molar refractivity (Wildman–Crippen MR) is 51.8 cm³/mol. The van der Waals surface area contributed by atoms with Gasteiger partial charge in [-0.05, 0) is 5.41 Å². The zero-order valence-corrected chi connectivity index (χ0v) is 8.79. The number of hydrogen-bond donors (Lipinski definition) is 1. The first-order valence-corrected chi connectivity index (χ1v) is 4.33. The van der Waals surface area contributed by atoms with E-state index in [1.54, 1.807) is 0 Å². The van der Waals surface area contributed by atoms with Crippen LogP contribution < -0.4 is 0 Å². The van der Waals surface area contributed by atoms with Gasteiger partial charge < -0.3 is 9.84 Å². The van der Waals surface area contributed by atoms with Crippen LogP contribution in [0.5, 0.6) is 0 Å². The van der Waals surface area contributed by atoms with Gasteiger partial charge >= 0.3 is 11.9 Å². The van der Waals surface area contributed by atoms with Gasteiger partial charge in [-0.3, -0.25) is 4.79 Å². The Morgan fingerprint density at radius 1 is 1.36 bits per heavy atom. The number of rotatable bonds is 4. The maximum Gasteiger partial charge on any atom is 0.333 e. The van der Waals surface area contributed by atoms with Crippen molar-refractivity contribution in [2.24, 2.45) is 5.41 Å². The van der Waals surface area contributed by atoms with Gasteiger partial charge in [-0.25, -0.2) is 4.79 Å². The summed E-state index contributed by atoms with van der Waals surface area (Å²) in [6.07, 6.45) is -0.177. The summed E-state index contributed by atoms with van der Waals surface area (Å²) in [7, 11) is 0. The molecule has 0 atom stereocenters. The predicted octanol–water partition coefficient (Wildman–Crippen LogP) is 1.61. The zero-order valence-electron chi connectivity index (χ0n) is 8.79.